The van der Waals surface area contributed by atoms with E-state index in [0.29, 0.717) is 37.6 Å². The van der Waals surface area contributed by atoms with Gasteiger partial charge in [0.15, 0.2) is 0 Å². The minimum atomic E-state index is -0.118. The summed E-state index contributed by atoms with van der Waals surface area (Å²) in [7, 11) is 0. The number of hydrogen-bond acceptors (Lipinski definition) is 4. The molecule has 0 aromatic heterocycles. The minimum Gasteiger partial charge on any atom is -0.378 e. The van der Waals surface area contributed by atoms with Crippen LogP contribution in [0.25, 0.3) is 0 Å². The number of nitrogens with one attached hydrogen (secondary N) is 2. The lowest BCUT2D eigenvalue weighted by molar-refractivity contribution is -0.115. The van der Waals surface area contributed by atoms with Crippen LogP contribution < -0.4 is 10.6 Å². The molecule has 2 N–H and O–H groups in total. The number of nitrogens with zero attached hydrogens (tertiary/aromatic N) is 1. The summed E-state index contributed by atoms with van der Waals surface area (Å²) in [4.78, 5) is 26.4. The fourth-order valence-electron chi connectivity index (χ4n) is 2.62. The Morgan fingerprint density at radius 2 is 1.88 bits per heavy atom. The zero-order chi connectivity index (χ0) is 16.1. The number of ether oxygens (including phenoxy) is 1. The standard InChI is InChI=1S/C17H23N3O3.ClH/c21-16(12-18-11-13-5-6-13)19-15-4-2-1-3-14(15)17(22)20-7-9-23-10-8-20;/h1-4,13,18H,5-12H2,(H,19,21);1H. The molecule has 0 atom stereocenters. The summed E-state index contributed by atoms with van der Waals surface area (Å²) in [5.41, 5.74) is 1.10. The SMILES string of the molecule is Cl.O=C(CNCC1CC1)Nc1ccccc1C(=O)N1CCOCC1. The van der Waals surface area contributed by atoms with Crippen LogP contribution in [0.2, 0.25) is 0 Å². The van der Waals surface area contributed by atoms with Crippen molar-refractivity contribution in [3.05, 3.63) is 29.8 Å². The predicted octanol–water partition coefficient (Wildman–Crippen LogP) is 1.52. The van der Waals surface area contributed by atoms with Gasteiger partial charge in [0.05, 0.1) is 31.0 Å². The molecule has 2 fully saturated rings. The molecule has 3 rings (SSSR count). The first kappa shape index (κ1) is 18.7. The number of amides is 2. The van der Waals surface area contributed by atoms with E-state index in [1.54, 1.807) is 17.0 Å². The summed E-state index contributed by atoms with van der Waals surface area (Å²) < 4.78 is 5.28. The number of carbonyl (C=O) groups is 2. The highest BCUT2D eigenvalue weighted by atomic mass is 35.5. The van der Waals surface area contributed by atoms with Crippen LogP contribution in [-0.4, -0.2) is 56.1 Å². The molecule has 24 heavy (non-hydrogen) atoms. The van der Waals surface area contributed by atoms with Gasteiger partial charge in [-0.2, -0.15) is 0 Å². The summed E-state index contributed by atoms with van der Waals surface area (Å²) in [6, 6.07) is 7.16. The molecule has 0 radical (unpaired) electrons. The molecule has 7 heteroatoms. The molecular formula is C17H24ClN3O3. The van der Waals surface area contributed by atoms with Gasteiger partial charge in [0, 0.05) is 13.1 Å². The van der Waals surface area contributed by atoms with Crippen molar-refractivity contribution in [2.45, 2.75) is 12.8 Å². The van der Waals surface area contributed by atoms with Gasteiger partial charge in [-0.25, -0.2) is 0 Å². The normalized spacial score (nSPS) is 17.1. The van der Waals surface area contributed by atoms with Crippen LogP contribution in [0.5, 0.6) is 0 Å². The third-order valence-corrected chi connectivity index (χ3v) is 4.15. The van der Waals surface area contributed by atoms with Crippen molar-refractivity contribution in [1.29, 1.82) is 0 Å². The highest BCUT2D eigenvalue weighted by Gasteiger charge is 2.22. The van der Waals surface area contributed by atoms with Gasteiger partial charge in [-0.15, -0.1) is 12.4 Å². The maximum absolute atomic E-state index is 12.6. The first-order valence-corrected chi connectivity index (χ1v) is 8.20. The van der Waals surface area contributed by atoms with E-state index >= 15 is 0 Å². The van der Waals surface area contributed by atoms with Gasteiger partial charge < -0.3 is 20.3 Å². The van der Waals surface area contributed by atoms with Crippen molar-refractivity contribution in [2.24, 2.45) is 5.92 Å². The molecule has 0 spiro atoms. The summed E-state index contributed by atoms with van der Waals surface area (Å²) in [6.07, 6.45) is 2.51. The van der Waals surface area contributed by atoms with Crippen LogP contribution in [0, 0.1) is 5.92 Å². The largest absolute Gasteiger partial charge is 0.378 e. The number of hydrogen-bond donors (Lipinski definition) is 2. The van der Waals surface area contributed by atoms with Crippen molar-refractivity contribution in [1.82, 2.24) is 10.2 Å². The second kappa shape index (κ2) is 9.01. The lowest BCUT2D eigenvalue weighted by Gasteiger charge is -2.27. The predicted molar refractivity (Wildman–Crippen MR) is 94.6 cm³/mol. The molecule has 0 unspecified atom stereocenters. The molecule has 1 aliphatic carbocycles. The van der Waals surface area contributed by atoms with Gasteiger partial charge in [-0.1, -0.05) is 12.1 Å². The van der Waals surface area contributed by atoms with E-state index in [9.17, 15) is 9.59 Å². The number of rotatable bonds is 6. The highest BCUT2D eigenvalue weighted by molar-refractivity contribution is 6.04. The first-order valence-electron chi connectivity index (χ1n) is 8.20. The number of carbonyl (C=O) groups excluding carboxylic acids is 2. The molecule has 2 amide bonds. The van der Waals surface area contributed by atoms with E-state index in [-0.39, 0.29) is 30.8 Å². The lowest BCUT2D eigenvalue weighted by Crippen LogP contribution is -2.41. The second-order valence-corrected chi connectivity index (χ2v) is 6.07. The van der Waals surface area contributed by atoms with Crippen molar-refractivity contribution >= 4 is 29.9 Å². The Labute approximate surface area is 148 Å². The third-order valence-electron chi connectivity index (χ3n) is 4.15. The quantitative estimate of drug-likeness (QED) is 0.813. The number of halogens is 1. The van der Waals surface area contributed by atoms with Gasteiger partial charge in [-0.05, 0) is 37.4 Å². The van der Waals surface area contributed by atoms with E-state index < -0.39 is 0 Å². The van der Waals surface area contributed by atoms with Gasteiger partial charge >= 0.3 is 0 Å². The van der Waals surface area contributed by atoms with Crippen LogP contribution in [0.1, 0.15) is 23.2 Å². The Kier molecular flexibility index (Phi) is 7.02. The molecule has 1 heterocycles. The summed E-state index contributed by atoms with van der Waals surface area (Å²) >= 11 is 0. The average molecular weight is 354 g/mol. The van der Waals surface area contributed by atoms with Crippen LogP contribution in [0.15, 0.2) is 24.3 Å². The maximum atomic E-state index is 12.6. The summed E-state index contributed by atoms with van der Waals surface area (Å²) in [5.74, 6) is 0.556. The van der Waals surface area contributed by atoms with Gasteiger partial charge in [0.25, 0.3) is 5.91 Å². The van der Waals surface area contributed by atoms with Gasteiger partial charge in [0.2, 0.25) is 5.91 Å². The Morgan fingerprint density at radius 3 is 2.58 bits per heavy atom. The van der Waals surface area contributed by atoms with Gasteiger partial charge in [-0.3, -0.25) is 9.59 Å². The number of para-hydroxylation sites is 1. The molecule has 1 saturated carbocycles. The monoisotopic (exact) mass is 353 g/mol. The summed E-state index contributed by atoms with van der Waals surface area (Å²) in [5, 5.41) is 6.00. The zero-order valence-electron chi connectivity index (χ0n) is 13.6. The fourth-order valence-corrected chi connectivity index (χ4v) is 2.62. The zero-order valence-corrected chi connectivity index (χ0v) is 14.4. The van der Waals surface area contributed by atoms with Crippen LogP contribution >= 0.6 is 12.4 Å². The van der Waals surface area contributed by atoms with Crippen molar-refractivity contribution < 1.29 is 14.3 Å². The minimum absolute atomic E-state index is 0. The Bertz CT molecular complexity index is 572. The lowest BCUT2D eigenvalue weighted by atomic mass is 10.1. The Hall–Kier alpha value is -1.63. The van der Waals surface area contributed by atoms with Crippen molar-refractivity contribution in [3.8, 4) is 0 Å². The number of anilines is 1. The second-order valence-electron chi connectivity index (χ2n) is 6.07. The molecule has 132 valence electrons. The first-order chi connectivity index (χ1) is 11.2. The van der Waals surface area contributed by atoms with E-state index in [1.807, 2.05) is 12.1 Å². The van der Waals surface area contributed by atoms with Crippen LogP contribution in [0.3, 0.4) is 0 Å². The van der Waals surface area contributed by atoms with E-state index in [1.165, 1.54) is 12.8 Å². The average Bonchev–Trinajstić information content (AvgIpc) is 3.40. The number of benzene rings is 1. The highest BCUT2D eigenvalue weighted by Crippen LogP contribution is 2.27. The van der Waals surface area contributed by atoms with Crippen LogP contribution in [-0.2, 0) is 9.53 Å². The molecule has 1 aliphatic heterocycles. The van der Waals surface area contributed by atoms with Crippen molar-refractivity contribution in [2.75, 3.05) is 44.7 Å². The summed E-state index contributed by atoms with van der Waals surface area (Å²) in [6.45, 7) is 3.46. The fraction of sp³-hybridized carbons (Fsp3) is 0.529. The van der Waals surface area contributed by atoms with Gasteiger partial charge in [0.1, 0.15) is 0 Å². The molecule has 1 aromatic rings. The van der Waals surface area contributed by atoms with E-state index in [2.05, 4.69) is 10.6 Å². The van der Waals surface area contributed by atoms with E-state index in [4.69, 9.17) is 4.74 Å². The number of morpholine rings is 1. The Morgan fingerprint density at radius 1 is 1.17 bits per heavy atom. The van der Waals surface area contributed by atoms with E-state index in [0.717, 1.165) is 12.5 Å². The molecular weight excluding hydrogens is 330 g/mol. The molecule has 1 saturated heterocycles. The third kappa shape index (κ3) is 5.19. The Balaban J connectivity index is 0.00000208. The van der Waals surface area contributed by atoms with Crippen LogP contribution in [0.4, 0.5) is 5.69 Å². The van der Waals surface area contributed by atoms with Crippen molar-refractivity contribution in [3.63, 3.8) is 0 Å². The smallest absolute Gasteiger partial charge is 0.256 e. The maximum Gasteiger partial charge on any atom is 0.256 e. The molecule has 1 aromatic carbocycles. The topological polar surface area (TPSA) is 70.7 Å². The molecule has 2 aliphatic rings. The molecule has 0 bridgehead atoms. The molecule has 6 nitrogen and oxygen atoms in total.